The van der Waals surface area contributed by atoms with E-state index in [1.165, 1.54) is 44.3 Å². The minimum atomic E-state index is 0. The fourth-order valence-corrected chi connectivity index (χ4v) is 4.46. The Bertz CT molecular complexity index is 617. The molecular formula is C19H28ClIN4. The van der Waals surface area contributed by atoms with Gasteiger partial charge in [0.25, 0.3) is 0 Å². The van der Waals surface area contributed by atoms with E-state index in [4.69, 9.17) is 11.6 Å². The maximum Gasteiger partial charge on any atom is 0.193 e. The number of guanidine groups is 1. The van der Waals surface area contributed by atoms with Crippen molar-refractivity contribution in [2.24, 2.45) is 4.99 Å². The summed E-state index contributed by atoms with van der Waals surface area (Å²) in [6.07, 6.45) is 5.17. The Morgan fingerprint density at radius 2 is 2.04 bits per heavy atom. The summed E-state index contributed by atoms with van der Waals surface area (Å²) in [5.74, 6) is 1.64. The summed E-state index contributed by atoms with van der Waals surface area (Å²) >= 11 is 6.12. The van der Waals surface area contributed by atoms with E-state index in [0.29, 0.717) is 18.0 Å². The Balaban J connectivity index is 0.00000182. The first-order chi connectivity index (χ1) is 11.7. The summed E-state index contributed by atoms with van der Waals surface area (Å²) < 4.78 is 0. The van der Waals surface area contributed by atoms with E-state index >= 15 is 0 Å². The Hall–Kier alpha value is -0.530. The van der Waals surface area contributed by atoms with E-state index < -0.39 is 0 Å². The molecule has 4 rings (SSSR count). The molecule has 3 unspecified atom stereocenters. The second-order valence-corrected chi connectivity index (χ2v) is 7.76. The molecule has 1 aliphatic carbocycles. The van der Waals surface area contributed by atoms with Crippen molar-refractivity contribution in [2.45, 2.75) is 43.7 Å². The number of likely N-dealkylation sites (tertiary alicyclic amines) is 2. The van der Waals surface area contributed by atoms with Crippen molar-refractivity contribution >= 4 is 41.5 Å². The highest BCUT2D eigenvalue weighted by atomic mass is 127. The maximum atomic E-state index is 6.12. The van der Waals surface area contributed by atoms with E-state index in [1.54, 1.807) is 0 Å². The molecule has 138 valence electrons. The molecule has 3 fully saturated rings. The molecule has 3 atom stereocenters. The second-order valence-electron chi connectivity index (χ2n) is 7.33. The molecule has 2 aliphatic heterocycles. The van der Waals surface area contributed by atoms with Gasteiger partial charge in [-0.1, -0.05) is 23.7 Å². The first-order valence-electron chi connectivity index (χ1n) is 9.22. The van der Waals surface area contributed by atoms with Crippen molar-refractivity contribution in [3.05, 3.63) is 34.9 Å². The number of halogens is 2. The Kier molecular flexibility index (Phi) is 6.49. The highest BCUT2D eigenvalue weighted by molar-refractivity contribution is 14.0. The van der Waals surface area contributed by atoms with Crippen LogP contribution in [0.5, 0.6) is 0 Å². The lowest BCUT2D eigenvalue weighted by Gasteiger charge is -2.25. The van der Waals surface area contributed by atoms with Gasteiger partial charge in [0.2, 0.25) is 0 Å². The Labute approximate surface area is 173 Å². The number of rotatable bonds is 3. The van der Waals surface area contributed by atoms with E-state index in [-0.39, 0.29) is 24.0 Å². The van der Waals surface area contributed by atoms with Gasteiger partial charge in [-0.2, -0.15) is 0 Å². The van der Waals surface area contributed by atoms with Crippen LogP contribution in [0.2, 0.25) is 5.02 Å². The molecule has 0 amide bonds. The van der Waals surface area contributed by atoms with Gasteiger partial charge < -0.3 is 10.2 Å². The van der Waals surface area contributed by atoms with Crippen LogP contribution in [-0.2, 0) is 0 Å². The van der Waals surface area contributed by atoms with Crippen LogP contribution in [0.3, 0.4) is 0 Å². The summed E-state index contributed by atoms with van der Waals surface area (Å²) in [5.41, 5.74) is 1.34. The molecule has 6 heteroatoms. The molecule has 1 saturated carbocycles. The minimum Gasteiger partial charge on any atom is -0.353 e. The first-order valence-corrected chi connectivity index (χ1v) is 9.60. The summed E-state index contributed by atoms with van der Waals surface area (Å²) in [6, 6.07) is 9.47. The smallest absolute Gasteiger partial charge is 0.193 e. The summed E-state index contributed by atoms with van der Waals surface area (Å²) in [5, 5.41) is 4.51. The monoisotopic (exact) mass is 474 g/mol. The van der Waals surface area contributed by atoms with Crippen LogP contribution in [0.1, 0.15) is 37.2 Å². The molecule has 0 radical (unpaired) electrons. The third-order valence-electron chi connectivity index (χ3n) is 5.71. The van der Waals surface area contributed by atoms with Crippen LogP contribution in [-0.4, -0.2) is 61.1 Å². The molecule has 2 heterocycles. The van der Waals surface area contributed by atoms with Gasteiger partial charge in [-0.15, -0.1) is 24.0 Å². The fraction of sp³-hybridized carbons (Fsp3) is 0.632. The quantitative estimate of drug-likeness (QED) is 0.413. The molecule has 0 spiro atoms. The zero-order valence-corrected chi connectivity index (χ0v) is 17.9. The molecule has 0 aromatic heterocycles. The molecule has 2 saturated heterocycles. The van der Waals surface area contributed by atoms with E-state index in [1.807, 2.05) is 19.2 Å². The van der Waals surface area contributed by atoms with Crippen molar-refractivity contribution in [3.63, 3.8) is 0 Å². The SMILES string of the molecule is CN=C(NC1CC1c1cccc(Cl)c1)N1CCC(N2CCCC2)C1.I. The summed E-state index contributed by atoms with van der Waals surface area (Å²) in [6.45, 7) is 4.80. The Morgan fingerprint density at radius 1 is 1.24 bits per heavy atom. The fourth-order valence-electron chi connectivity index (χ4n) is 4.26. The molecule has 3 aliphatic rings. The largest absolute Gasteiger partial charge is 0.353 e. The molecular weight excluding hydrogens is 447 g/mol. The van der Waals surface area contributed by atoms with Crippen LogP contribution in [0.15, 0.2) is 29.3 Å². The number of nitrogens with zero attached hydrogens (tertiary/aromatic N) is 3. The van der Waals surface area contributed by atoms with E-state index in [0.717, 1.165) is 24.1 Å². The number of aliphatic imine (C=N–C) groups is 1. The molecule has 4 nitrogen and oxygen atoms in total. The molecule has 1 aromatic carbocycles. The summed E-state index contributed by atoms with van der Waals surface area (Å²) in [4.78, 5) is 9.65. The van der Waals surface area contributed by atoms with Crippen LogP contribution in [0.4, 0.5) is 0 Å². The van der Waals surface area contributed by atoms with Crippen LogP contribution < -0.4 is 5.32 Å². The molecule has 25 heavy (non-hydrogen) atoms. The number of nitrogens with one attached hydrogen (secondary N) is 1. The lowest BCUT2D eigenvalue weighted by molar-refractivity contribution is 0.249. The Morgan fingerprint density at radius 3 is 2.76 bits per heavy atom. The minimum absolute atomic E-state index is 0. The average Bonchev–Trinajstić information content (AvgIpc) is 3.00. The van der Waals surface area contributed by atoms with E-state index in [2.05, 4.69) is 32.2 Å². The molecule has 1 aromatic rings. The number of hydrogen-bond donors (Lipinski definition) is 1. The van der Waals surface area contributed by atoms with Gasteiger partial charge in [-0.25, -0.2) is 0 Å². The average molecular weight is 475 g/mol. The van der Waals surface area contributed by atoms with Gasteiger partial charge in [0.05, 0.1) is 0 Å². The third kappa shape index (κ3) is 4.42. The second kappa shape index (κ2) is 8.44. The summed E-state index contributed by atoms with van der Waals surface area (Å²) in [7, 11) is 1.91. The zero-order valence-electron chi connectivity index (χ0n) is 14.8. The van der Waals surface area contributed by atoms with Crippen molar-refractivity contribution in [3.8, 4) is 0 Å². The lowest BCUT2D eigenvalue weighted by Crippen LogP contribution is -2.43. The van der Waals surface area contributed by atoms with Crippen LogP contribution in [0.25, 0.3) is 0 Å². The topological polar surface area (TPSA) is 30.9 Å². The first kappa shape index (κ1) is 19.2. The van der Waals surface area contributed by atoms with E-state index in [9.17, 15) is 0 Å². The normalized spacial score (nSPS) is 29.6. The highest BCUT2D eigenvalue weighted by Gasteiger charge is 2.40. The third-order valence-corrected chi connectivity index (χ3v) is 5.95. The van der Waals surface area contributed by atoms with Gasteiger partial charge in [0.15, 0.2) is 5.96 Å². The molecule has 1 N–H and O–H groups in total. The van der Waals surface area contributed by atoms with Crippen molar-refractivity contribution < 1.29 is 0 Å². The van der Waals surface area contributed by atoms with Crippen molar-refractivity contribution in [1.82, 2.24) is 15.1 Å². The van der Waals surface area contributed by atoms with Gasteiger partial charge in [-0.05, 0) is 56.5 Å². The number of hydrogen-bond acceptors (Lipinski definition) is 2. The van der Waals surface area contributed by atoms with Crippen LogP contribution in [0, 0.1) is 0 Å². The highest BCUT2D eigenvalue weighted by Crippen LogP contribution is 2.41. The van der Waals surface area contributed by atoms with Crippen molar-refractivity contribution in [2.75, 3.05) is 33.2 Å². The standard InChI is InChI=1S/C19H27ClN4.HI/c1-21-19(24-10-7-16(13-24)23-8-2-3-9-23)22-18-12-17(18)14-5-4-6-15(20)11-14;/h4-6,11,16-18H,2-3,7-10,12-13H2,1H3,(H,21,22);1H. The maximum absolute atomic E-state index is 6.12. The predicted molar refractivity (Wildman–Crippen MR) is 115 cm³/mol. The molecule has 0 bridgehead atoms. The van der Waals surface area contributed by atoms with Crippen molar-refractivity contribution in [1.29, 1.82) is 0 Å². The number of benzene rings is 1. The zero-order chi connectivity index (χ0) is 16.5. The van der Waals surface area contributed by atoms with Gasteiger partial charge >= 0.3 is 0 Å². The van der Waals surface area contributed by atoms with Crippen LogP contribution >= 0.6 is 35.6 Å². The van der Waals surface area contributed by atoms with Gasteiger partial charge in [0, 0.05) is 43.2 Å². The van der Waals surface area contributed by atoms with Gasteiger partial charge in [0.1, 0.15) is 0 Å². The van der Waals surface area contributed by atoms with Gasteiger partial charge in [-0.3, -0.25) is 9.89 Å². The lowest BCUT2D eigenvalue weighted by atomic mass is 10.1. The predicted octanol–water partition coefficient (Wildman–Crippen LogP) is 3.56.